The van der Waals surface area contributed by atoms with E-state index >= 15 is 0 Å². The van der Waals surface area contributed by atoms with Crippen molar-refractivity contribution < 1.29 is 36.6 Å². The van der Waals surface area contributed by atoms with Crippen LogP contribution in [0.2, 0.25) is 0 Å². The average Bonchev–Trinajstić information content (AvgIpc) is 3.61. The Morgan fingerprint density at radius 3 is 2.76 bits per heavy atom. The largest absolute Gasteiger partial charge is 0.491 e. The first-order chi connectivity index (χ1) is 20.1. The van der Waals surface area contributed by atoms with E-state index in [4.69, 9.17) is 19.3 Å². The summed E-state index contributed by atoms with van der Waals surface area (Å²) in [7, 11) is -2.66. The van der Waals surface area contributed by atoms with Crippen molar-refractivity contribution in [2.75, 3.05) is 26.1 Å². The molecule has 0 aliphatic rings. The van der Waals surface area contributed by atoms with Crippen molar-refractivity contribution in [2.24, 2.45) is 5.14 Å². The Labute approximate surface area is 248 Å². The fourth-order valence-corrected chi connectivity index (χ4v) is 6.28. The monoisotopic (exact) mass is 638 g/mol. The minimum Gasteiger partial charge on any atom is -0.491 e. The molecule has 2 aromatic carbocycles. The second-order valence-electron chi connectivity index (χ2n) is 8.69. The number of alkyl halides is 1. The molecule has 4 aromatic rings. The number of hydrogen-bond acceptors (Lipinski definition) is 12. The Morgan fingerprint density at radius 2 is 2.00 bits per heavy atom. The van der Waals surface area contributed by atoms with Gasteiger partial charge in [0.05, 0.1) is 23.5 Å². The Balaban J connectivity index is 1.27. The molecule has 0 aliphatic heterocycles. The normalized spacial score (nSPS) is 12.2. The number of amides is 1. The van der Waals surface area contributed by atoms with Crippen LogP contribution in [0.5, 0.6) is 11.5 Å². The number of fused-ring (bicyclic) bond motifs is 1. The van der Waals surface area contributed by atoms with Crippen LogP contribution in [0.25, 0.3) is 10.2 Å². The Morgan fingerprint density at radius 1 is 1.19 bits per heavy atom. The minimum atomic E-state index is -3.90. The molecular weight excluding hydrogens is 612 g/mol. The highest BCUT2D eigenvalue weighted by Crippen LogP contribution is 2.28. The highest BCUT2D eigenvalue weighted by atomic mass is 32.2. The highest BCUT2D eigenvalue weighted by Gasteiger charge is 2.22. The van der Waals surface area contributed by atoms with Crippen LogP contribution in [0.1, 0.15) is 11.3 Å². The van der Waals surface area contributed by atoms with Gasteiger partial charge in [0.2, 0.25) is 10.2 Å². The average molecular weight is 639 g/mol. The molecule has 0 saturated carbocycles. The van der Waals surface area contributed by atoms with Crippen molar-refractivity contribution in [3.05, 3.63) is 59.9 Å². The van der Waals surface area contributed by atoms with E-state index in [0.29, 0.717) is 33.2 Å². The molecular formula is C25H27FN6O7S3. The molecule has 3 N–H and O–H groups in total. The van der Waals surface area contributed by atoms with E-state index in [0.717, 1.165) is 16.9 Å². The molecule has 0 aliphatic carbocycles. The summed E-state index contributed by atoms with van der Waals surface area (Å²) in [4.78, 5) is 28.9. The Kier molecular flexibility index (Phi) is 10.7. The minimum absolute atomic E-state index is 0.0246. The van der Waals surface area contributed by atoms with Gasteiger partial charge >= 0.3 is 5.97 Å². The lowest BCUT2D eigenvalue weighted by atomic mass is 10.2. The molecule has 2 heterocycles. The molecule has 42 heavy (non-hydrogen) atoms. The summed E-state index contributed by atoms with van der Waals surface area (Å²) < 4.78 is 53.0. The number of hydrogen-bond donors (Lipinski definition) is 2. The van der Waals surface area contributed by atoms with E-state index < -0.39 is 34.6 Å². The maximum Gasteiger partial charge on any atom is 0.329 e. The predicted octanol–water partition coefficient (Wildman–Crippen LogP) is 2.05. The number of nitrogens with one attached hydrogen (secondary N) is 1. The summed E-state index contributed by atoms with van der Waals surface area (Å²) in [6.45, 7) is -0.761. The van der Waals surface area contributed by atoms with Gasteiger partial charge in [-0.3, -0.25) is 4.79 Å². The third-order valence-corrected chi connectivity index (χ3v) is 8.92. The van der Waals surface area contributed by atoms with Crippen LogP contribution < -0.4 is 19.9 Å². The van der Waals surface area contributed by atoms with E-state index in [2.05, 4.69) is 20.6 Å². The maximum atomic E-state index is 12.7. The van der Waals surface area contributed by atoms with Gasteiger partial charge in [-0.25, -0.2) is 32.4 Å². The lowest BCUT2D eigenvalue weighted by molar-refractivity contribution is -0.144. The number of ether oxygens (including phenoxy) is 3. The van der Waals surface area contributed by atoms with Gasteiger partial charge in [-0.05, 0) is 35.9 Å². The van der Waals surface area contributed by atoms with Gasteiger partial charge in [-0.15, -0.1) is 16.4 Å². The van der Waals surface area contributed by atoms with Crippen molar-refractivity contribution >= 4 is 55.2 Å². The lowest BCUT2D eigenvalue weighted by Gasteiger charge is -2.16. The number of nitrogens with two attached hydrogens (primary N) is 1. The zero-order valence-corrected chi connectivity index (χ0v) is 24.7. The second kappa shape index (κ2) is 14.4. The first-order valence-corrected chi connectivity index (χ1v) is 15.8. The lowest BCUT2D eigenvalue weighted by Crippen LogP contribution is -2.44. The molecule has 0 radical (unpaired) electrons. The zero-order valence-electron chi connectivity index (χ0n) is 22.3. The molecule has 17 heteroatoms. The summed E-state index contributed by atoms with van der Waals surface area (Å²) in [5.41, 5.74) is 1.84. The molecule has 224 valence electrons. The molecule has 0 saturated heterocycles. The fraction of sp³-hybridized carbons (Fsp3) is 0.320. The standard InChI is InChI=1S/C25H27FN6O7S3/c1-37-24(34)21(15-40-14-16-3-2-4-18(9-16)38-8-7-26)28-23(33)12-32-11-17(30-31-32)13-39-19-5-6-20-22(10-19)41-25(29-20)42(27,35)36/h2-6,9-11,21H,7-8,12-15H2,1H3,(H,28,33)(H2,27,35,36). The van der Waals surface area contributed by atoms with Gasteiger partial charge in [0, 0.05) is 11.5 Å². The fourth-order valence-electron chi connectivity index (χ4n) is 3.61. The molecule has 1 unspecified atom stereocenters. The maximum absolute atomic E-state index is 12.7. The summed E-state index contributed by atoms with van der Waals surface area (Å²) in [5, 5.41) is 15.7. The number of benzene rings is 2. The highest BCUT2D eigenvalue weighted by molar-refractivity contribution is 7.98. The van der Waals surface area contributed by atoms with Crippen LogP contribution in [-0.2, 0) is 43.3 Å². The Hall–Kier alpha value is -3.80. The topological polar surface area (TPSA) is 178 Å². The van der Waals surface area contributed by atoms with Crippen molar-refractivity contribution in [3.63, 3.8) is 0 Å². The Bertz CT molecular complexity index is 1650. The van der Waals surface area contributed by atoms with Crippen molar-refractivity contribution in [1.29, 1.82) is 0 Å². The molecule has 1 atom stereocenters. The zero-order chi connectivity index (χ0) is 30.1. The predicted molar refractivity (Wildman–Crippen MR) is 153 cm³/mol. The first-order valence-electron chi connectivity index (χ1n) is 12.3. The smallest absolute Gasteiger partial charge is 0.329 e. The molecule has 13 nitrogen and oxygen atoms in total. The van der Waals surface area contributed by atoms with Gasteiger partial charge in [0.15, 0.2) is 0 Å². The number of primary sulfonamides is 1. The number of thioether (sulfide) groups is 1. The van der Waals surface area contributed by atoms with E-state index in [9.17, 15) is 22.4 Å². The SMILES string of the molecule is COC(=O)C(CSCc1cccc(OCCF)c1)NC(=O)Cn1cc(COc2ccc3nc(S(N)(=O)=O)sc3c2)nn1. The van der Waals surface area contributed by atoms with Crippen LogP contribution in [-0.4, -0.2) is 72.5 Å². The van der Waals surface area contributed by atoms with E-state index in [1.54, 1.807) is 36.4 Å². The van der Waals surface area contributed by atoms with E-state index in [1.807, 2.05) is 6.07 Å². The number of rotatable bonds is 15. The van der Waals surface area contributed by atoms with Gasteiger partial charge in [0.1, 0.15) is 49.7 Å². The summed E-state index contributed by atoms with van der Waals surface area (Å²) in [5.74, 6) is 0.751. The van der Waals surface area contributed by atoms with Crippen molar-refractivity contribution in [1.82, 2.24) is 25.3 Å². The van der Waals surface area contributed by atoms with Gasteiger partial charge in [-0.1, -0.05) is 17.3 Å². The number of aromatic nitrogens is 4. The molecule has 0 fully saturated rings. The van der Waals surface area contributed by atoms with Gasteiger partial charge in [-0.2, -0.15) is 11.8 Å². The second-order valence-corrected chi connectivity index (χ2v) is 12.5. The van der Waals surface area contributed by atoms with Crippen LogP contribution in [0.15, 0.2) is 53.0 Å². The summed E-state index contributed by atoms with van der Waals surface area (Å²) in [6, 6.07) is 11.2. The van der Waals surface area contributed by atoms with Gasteiger partial charge in [0.25, 0.3) is 10.0 Å². The van der Waals surface area contributed by atoms with E-state index in [-0.39, 0.29) is 29.9 Å². The third-order valence-electron chi connectivity index (χ3n) is 5.48. The number of carbonyl (C=O) groups is 2. The third kappa shape index (κ3) is 8.85. The van der Waals surface area contributed by atoms with Gasteiger partial charge < -0.3 is 19.5 Å². The molecule has 2 aromatic heterocycles. The summed E-state index contributed by atoms with van der Waals surface area (Å²) >= 11 is 2.35. The van der Waals surface area contributed by atoms with Crippen LogP contribution in [0.4, 0.5) is 4.39 Å². The first kappa shape index (κ1) is 31.1. The number of sulfonamides is 1. The number of thiazole rings is 1. The molecule has 1 amide bonds. The number of esters is 1. The van der Waals surface area contributed by atoms with Crippen LogP contribution in [0.3, 0.4) is 0 Å². The van der Waals surface area contributed by atoms with Crippen molar-refractivity contribution in [3.8, 4) is 11.5 Å². The van der Waals surface area contributed by atoms with E-state index in [1.165, 1.54) is 29.8 Å². The number of carbonyl (C=O) groups excluding carboxylic acids is 2. The number of methoxy groups -OCH3 is 1. The number of halogens is 1. The van der Waals surface area contributed by atoms with Crippen molar-refractivity contribution in [2.45, 2.75) is 29.3 Å². The van der Waals surface area contributed by atoms with Crippen LogP contribution >= 0.6 is 23.1 Å². The molecule has 4 rings (SSSR count). The quantitative estimate of drug-likeness (QED) is 0.182. The van der Waals surface area contributed by atoms with Crippen LogP contribution in [0, 0.1) is 0 Å². The summed E-state index contributed by atoms with van der Waals surface area (Å²) in [6.07, 6.45) is 1.53. The number of nitrogens with zero attached hydrogens (tertiary/aromatic N) is 4. The molecule has 0 bridgehead atoms. The molecule has 0 spiro atoms.